The molecule has 0 aromatic carbocycles. The molecule has 2 bridgehead atoms. The first-order chi connectivity index (χ1) is 7.37. The largest absolute Gasteiger partial charge is 0.444 e. The molecule has 2 aliphatic heterocycles. The van der Waals surface area contributed by atoms with Crippen molar-refractivity contribution in [1.82, 2.24) is 4.90 Å². The van der Waals surface area contributed by atoms with Crippen LogP contribution < -0.4 is 0 Å². The molecule has 1 aliphatic carbocycles. The molecular weight excluding hydrogens is 206 g/mol. The molecule has 16 heavy (non-hydrogen) atoms. The lowest BCUT2D eigenvalue weighted by Crippen LogP contribution is -2.58. The van der Waals surface area contributed by atoms with Crippen molar-refractivity contribution in [2.45, 2.75) is 57.8 Å². The average molecular weight is 227 g/mol. The number of carbonyl (C=O) groups is 1. The molecule has 4 nitrogen and oxygen atoms in total. The minimum absolute atomic E-state index is 0.0279. The number of hydrogen-bond donors (Lipinski definition) is 1. The summed E-state index contributed by atoms with van der Waals surface area (Å²) in [6, 6.07) is -0.0279. The molecule has 1 amide bonds. The number of hydrogen-bond acceptors (Lipinski definition) is 3. The van der Waals surface area contributed by atoms with Crippen LogP contribution in [0.3, 0.4) is 0 Å². The highest BCUT2D eigenvalue weighted by molar-refractivity contribution is 5.69. The van der Waals surface area contributed by atoms with E-state index in [0.29, 0.717) is 5.92 Å². The second kappa shape index (κ2) is 3.91. The van der Waals surface area contributed by atoms with Gasteiger partial charge in [-0.25, -0.2) is 4.79 Å². The second-order valence-electron chi connectivity index (χ2n) is 5.95. The first kappa shape index (κ1) is 11.7. The Labute approximate surface area is 96.6 Å². The fourth-order valence-electron chi connectivity index (χ4n) is 2.69. The van der Waals surface area contributed by atoms with Crippen LogP contribution in [-0.4, -0.2) is 40.4 Å². The van der Waals surface area contributed by atoms with E-state index in [-0.39, 0.29) is 18.2 Å². The summed E-state index contributed by atoms with van der Waals surface area (Å²) in [5.41, 5.74) is -0.460. The fourth-order valence-corrected chi connectivity index (χ4v) is 2.69. The van der Waals surface area contributed by atoms with E-state index in [1.165, 1.54) is 0 Å². The number of rotatable bonds is 0. The molecule has 2 unspecified atom stereocenters. The van der Waals surface area contributed by atoms with Crippen molar-refractivity contribution >= 4 is 6.09 Å². The van der Waals surface area contributed by atoms with Gasteiger partial charge >= 0.3 is 6.09 Å². The molecule has 1 N–H and O–H groups in total. The zero-order valence-electron chi connectivity index (χ0n) is 10.3. The van der Waals surface area contributed by atoms with E-state index in [1.807, 2.05) is 20.8 Å². The Morgan fingerprint density at radius 3 is 2.56 bits per heavy atom. The predicted molar refractivity (Wildman–Crippen MR) is 60.1 cm³/mol. The van der Waals surface area contributed by atoms with Crippen LogP contribution in [0.2, 0.25) is 0 Å². The Morgan fingerprint density at radius 2 is 2.06 bits per heavy atom. The molecule has 3 rings (SSSR count). The van der Waals surface area contributed by atoms with Crippen LogP contribution in [0.25, 0.3) is 0 Å². The van der Waals surface area contributed by atoms with Crippen molar-refractivity contribution < 1.29 is 14.6 Å². The summed E-state index contributed by atoms with van der Waals surface area (Å²) in [5.74, 6) is 0.451. The normalized spacial score (nSPS) is 34.0. The van der Waals surface area contributed by atoms with E-state index in [0.717, 1.165) is 25.8 Å². The number of fused-ring (bicyclic) bond motifs is 3. The van der Waals surface area contributed by atoms with Crippen LogP contribution in [0, 0.1) is 5.92 Å². The van der Waals surface area contributed by atoms with Gasteiger partial charge in [0.05, 0.1) is 12.1 Å². The molecule has 3 fully saturated rings. The number of piperidine rings is 2. The molecular formula is C12H21NO3. The third-order valence-corrected chi connectivity index (χ3v) is 3.37. The van der Waals surface area contributed by atoms with E-state index in [1.54, 1.807) is 4.90 Å². The van der Waals surface area contributed by atoms with Gasteiger partial charge in [-0.3, -0.25) is 0 Å². The maximum absolute atomic E-state index is 11.9. The minimum Gasteiger partial charge on any atom is -0.444 e. The van der Waals surface area contributed by atoms with Gasteiger partial charge < -0.3 is 14.7 Å². The van der Waals surface area contributed by atoms with E-state index in [9.17, 15) is 9.90 Å². The smallest absolute Gasteiger partial charge is 0.410 e. The molecule has 3 atom stereocenters. The Kier molecular flexibility index (Phi) is 2.86. The van der Waals surface area contributed by atoms with Crippen LogP contribution in [0.1, 0.15) is 40.0 Å². The van der Waals surface area contributed by atoms with Gasteiger partial charge in [0.2, 0.25) is 0 Å². The zero-order valence-corrected chi connectivity index (χ0v) is 10.3. The van der Waals surface area contributed by atoms with Crippen LogP contribution in [0.15, 0.2) is 0 Å². The third-order valence-electron chi connectivity index (χ3n) is 3.37. The molecule has 3 aliphatic rings. The molecule has 0 radical (unpaired) electrons. The number of amides is 1. The van der Waals surface area contributed by atoms with Crippen LogP contribution in [0.4, 0.5) is 4.79 Å². The molecule has 4 heteroatoms. The van der Waals surface area contributed by atoms with E-state index >= 15 is 0 Å². The lowest BCUT2D eigenvalue weighted by molar-refractivity contribution is -0.0637. The van der Waals surface area contributed by atoms with Crippen molar-refractivity contribution in [2.24, 2.45) is 5.92 Å². The molecule has 0 aromatic heterocycles. The van der Waals surface area contributed by atoms with Gasteiger partial charge in [-0.2, -0.15) is 0 Å². The van der Waals surface area contributed by atoms with Gasteiger partial charge in [0.15, 0.2) is 0 Å². The summed E-state index contributed by atoms with van der Waals surface area (Å²) >= 11 is 0. The molecule has 1 saturated carbocycles. The SMILES string of the molecule is CC(C)(C)OC(=O)N1CC2CCC1[C@@H](O)C2. The Morgan fingerprint density at radius 1 is 1.38 bits per heavy atom. The lowest BCUT2D eigenvalue weighted by atomic mass is 9.78. The van der Waals surface area contributed by atoms with E-state index < -0.39 is 5.60 Å². The summed E-state index contributed by atoms with van der Waals surface area (Å²) in [6.45, 7) is 6.34. The molecule has 92 valence electrons. The van der Waals surface area contributed by atoms with Crippen LogP contribution in [0.5, 0.6) is 0 Å². The highest BCUT2D eigenvalue weighted by Crippen LogP contribution is 2.35. The monoisotopic (exact) mass is 227 g/mol. The van der Waals surface area contributed by atoms with Gasteiger partial charge in [0.25, 0.3) is 0 Å². The summed E-state index contributed by atoms with van der Waals surface area (Å²) in [5, 5.41) is 9.87. The summed E-state index contributed by atoms with van der Waals surface area (Å²) in [7, 11) is 0. The van der Waals surface area contributed by atoms with Crippen molar-refractivity contribution in [3.8, 4) is 0 Å². The second-order valence-corrected chi connectivity index (χ2v) is 5.95. The maximum Gasteiger partial charge on any atom is 0.410 e. The average Bonchev–Trinajstić information content (AvgIpc) is 2.15. The molecule has 0 spiro atoms. The third kappa shape index (κ3) is 2.32. The van der Waals surface area contributed by atoms with Gasteiger partial charge in [-0.05, 0) is 46.0 Å². The van der Waals surface area contributed by atoms with Gasteiger partial charge in [-0.15, -0.1) is 0 Å². The number of aliphatic hydroxyl groups excluding tert-OH is 1. The standard InChI is InChI=1S/C12H21NO3/c1-12(2,3)16-11(15)13-7-8-4-5-9(13)10(14)6-8/h8-10,14H,4-7H2,1-3H3/t8?,9?,10-/m0/s1. The zero-order chi connectivity index (χ0) is 11.9. The molecule has 2 saturated heterocycles. The van der Waals surface area contributed by atoms with Gasteiger partial charge in [-0.1, -0.05) is 0 Å². The number of nitrogens with zero attached hydrogens (tertiary/aromatic N) is 1. The van der Waals surface area contributed by atoms with Crippen molar-refractivity contribution in [3.05, 3.63) is 0 Å². The first-order valence-electron chi connectivity index (χ1n) is 6.04. The summed E-state index contributed by atoms with van der Waals surface area (Å²) < 4.78 is 5.35. The molecule has 2 heterocycles. The number of carbonyl (C=O) groups excluding carboxylic acids is 1. The minimum atomic E-state index is -0.460. The number of aliphatic hydroxyl groups is 1. The van der Waals surface area contributed by atoms with Crippen molar-refractivity contribution in [2.75, 3.05) is 6.54 Å². The van der Waals surface area contributed by atoms with E-state index in [2.05, 4.69) is 0 Å². The fraction of sp³-hybridized carbons (Fsp3) is 0.917. The summed E-state index contributed by atoms with van der Waals surface area (Å²) in [6.07, 6.45) is 2.23. The van der Waals surface area contributed by atoms with Crippen molar-refractivity contribution in [3.63, 3.8) is 0 Å². The number of ether oxygens (including phenoxy) is 1. The van der Waals surface area contributed by atoms with E-state index in [4.69, 9.17) is 4.74 Å². The topological polar surface area (TPSA) is 49.8 Å². The van der Waals surface area contributed by atoms with Crippen molar-refractivity contribution in [1.29, 1.82) is 0 Å². The van der Waals surface area contributed by atoms with Crippen LogP contribution in [-0.2, 0) is 4.74 Å². The Balaban J connectivity index is 2.02. The molecule has 0 aromatic rings. The highest BCUT2D eigenvalue weighted by Gasteiger charge is 2.43. The maximum atomic E-state index is 11.9. The highest BCUT2D eigenvalue weighted by atomic mass is 16.6. The van der Waals surface area contributed by atoms with Gasteiger partial charge in [0.1, 0.15) is 5.60 Å². The quantitative estimate of drug-likeness (QED) is 0.686. The lowest BCUT2D eigenvalue weighted by Gasteiger charge is -2.47. The van der Waals surface area contributed by atoms with Crippen LogP contribution >= 0.6 is 0 Å². The van der Waals surface area contributed by atoms with Gasteiger partial charge in [0, 0.05) is 6.54 Å². The predicted octanol–water partition coefficient (Wildman–Crippen LogP) is 1.77. The Bertz CT molecular complexity index is 284. The Hall–Kier alpha value is -0.770. The summed E-state index contributed by atoms with van der Waals surface area (Å²) in [4.78, 5) is 13.7. The first-order valence-corrected chi connectivity index (χ1v) is 6.04.